The minimum absolute atomic E-state index is 0.234. The second kappa shape index (κ2) is 11.3. The lowest BCUT2D eigenvalue weighted by molar-refractivity contribution is -0.888. The van der Waals surface area contributed by atoms with Crippen molar-refractivity contribution in [1.29, 1.82) is 0 Å². The van der Waals surface area contributed by atoms with Gasteiger partial charge in [-0.3, -0.25) is 4.79 Å². The zero-order valence-corrected chi connectivity index (χ0v) is 13.6. The number of carbonyl (C=O) groups is 1. The van der Waals surface area contributed by atoms with E-state index in [0.29, 0.717) is 6.42 Å². The maximum atomic E-state index is 11.6. The van der Waals surface area contributed by atoms with Crippen LogP contribution in [-0.4, -0.2) is 44.1 Å². The molecule has 0 aliphatic rings. The quantitative estimate of drug-likeness (QED) is 0.428. The molecule has 0 fully saturated rings. The van der Waals surface area contributed by atoms with Gasteiger partial charge in [0.2, 0.25) is 5.91 Å². The Hall–Kier alpha value is -0.570. The summed E-state index contributed by atoms with van der Waals surface area (Å²) < 4.78 is 1.04. The van der Waals surface area contributed by atoms with E-state index in [0.717, 1.165) is 37.0 Å². The van der Waals surface area contributed by atoms with Crippen molar-refractivity contribution in [1.82, 2.24) is 5.32 Å². The predicted molar refractivity (Wildman–Crippen MR) is 83.1 cm³/mol. The first-order valence-corrected chi connectivity index (χ1v) is 8.10. The third-order valence-corrected chi connectivity index (χ3v) is 3.88. The minimum Gasteiger partial charge on any atom is -0.356 e. The van der Waals surface area contributed by atoms with Crippen LogP contribution in [0.3, 0.4) is 0 Å². The minimum atomic E-state index is 0.234. The lowest BCUT2D eigenvalue weighted by Crippen LogP contribution is -2.41. The van der Waals surface area contributed by atoms with Gasteiger partial charge in [-0.15, -0.1) is 0 Å². The normalized spacial score (nSPS) is 11.6. The number of carbonyl (C=O) groups excluding carboxylic acids is 1. The number of unbranched alkanes of at least 4 members (excludes halogenated alkanes) is 5. The Kier molecular flexibility index (Phi) is 10.9. The molecule has 19 heavy (non-hydrogen) atoms. The highest BCUT2D eigenvalue weighted by Crippen LogP contribution is 2.06. The van der Waals surface area contributed by atoms with Crippen LogP contribution in [0, 0.1) is 0 Å². The van der Waals surface area contributed by atoms with Crippen LogP contribution in [-0.2, 0) is 4.79 Å². The van der Waals surface area contributed by atoms with Crippen molar-refractivity contribution < 1.29 is 9.28 Å². The third-order valence-electron chi connectivity index (χ3n) is 3.88. The van der Waals surface area contributed by atoms with Crippen molar-refractivity contribution in [2.24, 2.45) is 0 Å². The zero-order chi connectivity index (χ0) is 14.6. The van der Waals surface area contributed by atoms with Crippen LogP contribution < -0.4 is 5.32 Å². The summed E-state index contributed by atoms with van der Waals surface area (Å²) in [6.45, 7) is 7.54. The van der Waals surface area contributed by atoms with E-state index in [9.17, 15) is 4.79 Å². The summed E-state index contributed by atoms with van der Waals surface area (Å²) in [5.74, 6) is 0.234. The second-order valence-electron chi connectivity index (χ2n) is 6.20. The molecule has 1 amide bonds. The molecule has 0 atom stereocenters. The average molecular weight is 271 g/mol. The fourth-order valence-electron chi connectivity index (χ4n) is 2.05. The molecule has 1 N–H and O–H groups in total. The molecular formula is C16H35N2O+. The smallest absolute Gasteiger partial charge is 0.219 e. The molecule has 0 aromatic rings. The summed E-state index contributed by atoms with van der Waals surface area (Å²) in [6, 6.07) is 0. The molecule has 0 rings (SSSR count). The van der Waals surface area contributed by atoms with E-state index in [4.69, 9.17) is 0 Å². The lowest BCUT2D eigenvalue weighted by atomic mass is 10.1. The summed E-state index contributed by atoms with van der Waals surface area (Å²) in [6.07, 6.45) is 9.25. The van der Waals surface area contributed by atoms with Crippen molar-refractivity contribution >= 4 is 5.91 Å². The highest BCUT2D eigenvalue weighted by atomic mass is 16.1. The van der Waals surface area contributed by atoms with Crippen molar-refractivity contribution in [3.8, 4) is 0 Å². The summed E-state index contributed by atoms with van der Waals surface area (Å²) in [7, 11) is 4.47. The number of quaternary nitrogens is 1. The van der Waals surface area contributed by atoms with Gasteiger partial charge < -0.3 is 9.80 Å². The van der Waals surface area contributed by atoms with Crippen LogP contribution in [0.5, 0.6) is 0 Å². The molecule has 0 aliphatic carbocycles. The van der Waals surface area contributed by atoms with Crippen LogP contribution in [0.25, 0.3) is 0 Å². The number of hydrogen-bond acceptors (Lipinski definition) is 1. The van der Waals surface area contributed by atoms with Gasteiger partial charge in [-0.05, 0) is 13.3 Å². The van der Waals surface area contributed by atoms with Crippen molar-refractivity contribution in [2.75, 3.05) is 33.7 Å². The summed E-state index contributed by atoms with van der Waals surface area (Å²) in [5, 5.41) is 3.03. The zero-order valence-electron chi connectivity index (χ0n) is 13.6. The molecule has 0 unspecified atom stereocenters. The molecule has 0 saturated heterocycles. The highest BCUT2D eigenvalue weighted by Gasteiger charge is 2.10. The molecule has 0 bridgehead atoms. The summed E-state index contributed by atoms with van der Waals surface area (Å²) >= 11 is 0. The van der Waals surface area contributed by atoms with Crippen LogP contribution in [0.4, 0.5) is 0 Å². The molecule has 0 aromatic heterocycles. The van der Waals surface area contributed by atoms with Crippen LogP contribution in [0.2, 0.25) is 0 Å². The molecule has 0 aliphatic heterocycles. The molecule has 0 radical (unpaired) electrons. The van der Waals surface area contributed by atoms with Crippen LogP contribution in [0.1, 0.15) is 65.2 Å². The van der Waals surface area contributed by atoms with Gasteiger partial charge in [0, 0.05) is 19.4 Å². The number of rotatable bonds is 12. The first kappa shape index (κ1) is 18.4. The van der Waals surface area contributed by atoms with Gasteiger partial charge in [0.15, 0.2) is 0 Å². The molecule has 0 spiro atoms. The predicted octanol–water partition coefficient (Wildman–Crippen LogP) is 3.34. The van der Waals surface area contributed by atoms with Gasteiger partial charge in [0.1, 0.15) is 0 Å². The monoisotopic (exact) mass is 271 g/mol. The van der Waals surface area contributed by atoms with E-state index in [-0.39, 0.29) is 5.91 Å². The SMILES string of the molecule is CCCCCCCCC(=O)NCCC[N+](C)(C)CC. The van der Waals surface area contributed by atoms with Crippen LogP contribution in [0.15, 0.2) is 0 Å². The number of amides is 1. The molecular weight excluding hydrogens is 236 g/mol. The van der Waals surface area contributed by atoms with E-state index in [1.165, 1.54) is 32.1 Å². The number of nitrogens with zero attached hydrogens (tertiary/aromatic N) is 1. The molecule has 0 aromatic carbocycles. The fourth-order valence-corrected chi connectivity index (χ4v) is 2.05. The van der Waals surface area contributed by atoms with Crippen molar-refractivity contribution in [3.63, 3.8) is 0 Å². The average Bonchev–Trinajstić information content (AvgIpc) is 2.39. The fraction of sp³-hybridized carbons (Fsp3) is 0.938. The van der Waals surface area contributed by atoms with E-state index < -0.39 is 0 Å². The molecule has 3 nitrogen and oxygen atoms in total. The molecule has 3 heteroatoms. The van der Waals surface area contributed by atoms with Crippen LogP contribution >= 0.6 is 0 Å². The van der Waals surface area contributed by atoms with Gasteiger partial charge >= 0.3 is 0 Å². The number of nitrogens with one attached hydrogen (secondary N) is 1. The van der Waals surface area contributed by atoms with Gasteiger partial charge in [-0.2, -0.15) is 0 Å². The maximum absolute atomic E-state index is 11.6. The highest BCUT2D eigenvalue weighted by molar-refractivity contribution is 5.75. The summed E-state index contributed by atoms with van der Waals surface area (Å²) in [4.78, 5) is 11.6. The lowest BCUT2D eigenvalue weighted by Gasteiger charge is -2.28. The van der Waals surface area contributed by atoms with E-state index in [1.54, 1.807) is 0 Å². The summed E-state index contributed by atoms with van der Waals surface area (Å²) in [5.41, 5.74) is 0. The Morgan fingerprint density at radius 2 is 1.58 bits per heavy atom. The standard InChI is InChI=1S/C16H34N2O/c1-5-7-8-9-10-11-13-16(19)17-14-12-15-18(3,4)6-2/h5-15H2,1-4H3/p+1. The number of hydrogen-bond donors (Lipinski definition) is 1. The van der Waals surface area contributed by atoms with Crippen molar-refractivity contribution in [2.45, 2.75) is 65.2 Å². The van der Waals surface area contributed by atoms with Gasteiger partial charge in [0.05, 0.1) is 27.2 Å². The van der Waals surface area contributed by atoms with E-state index in [1.807, 2.05) is 0 Å². The van der Waals surface area contributed by atoms with E-state index in [2.05, 4.69) is 33.3 Å². The Labute approximate surface area is 120 Å². The maximum Gasteiger partial charge on any atom is 0.219 e. The largest absolute Gasteiger partial charge is 0.356 e. The Morgan fingerprint density at radius 3 is 2.21 bits per heavy atom. The Morgan fingerprint density at radius 1 is 0.947 bits per heavy atom. The Bertz CT molecular complexity index is 227. The Balaban J connectivity index is 3.35. The third kappa shape index (κ3) is 12.2. The molecule has 114 valence electrons. The first-order valence-electron chi connectivity index (χ1n) is 8.10. The second-order valence-corrected chi connectivity index (χ2v) is 6.20. The van der Waals surface area contributed by atoms with E-state index >= 15 is 0 Å². The topological polar surface area (TPSA) is 29.1 Å². The van der Waals surface area contributed by atoms with Gasteiger partial charge in [0.25, 0.3) is 0 Å². The van der Waals surface area contributed by atoms with Crippen molar-refractivity contribution in [3.05, 3.63) is 0 Å². The van der Waals surface area contributed by atoms with Gasteiger partial charge in [-0.1, -0.05) is 39.0 Å². The first-order chi connectivity index (χ1) is 9.02. The molecule has 0 saturated carbocycles. The molecule has 0 heterocycles. The van der Waals surface area contributed by atoms with Gasteiger partial charge in [-0.25, -0.2) is 0 Å².